The number of anilines is 2. The first-order valence-electron chi connectivity index (χ1n) is 8.27. The van der Waals surface area contributed by atoms with Gasteiger partial charge >= 0.3 is 0 Å². The van der Waals surface area contributed by atoms with Crippen LogP contribution in [-0.2, 0) is 4.79 Å². The average molecular weight is 485 g/mol. The number of nitrogens with one attached hydrogen (secondary N) is 3. The quantitative estimate of drug-likeness (QED) is 0.530. The summed E-state index contributed by atoms with van der Waals surface area (Å²) in [5.41, 5.74) is 1.43. The third kappa shape index (κ3) is 5.92. The summed E-state index contributed by atoms with van der Waals surface area (Å²) in [5.74, 6) is -0.248. The van der Waals surface area contributed by atoms with Gasteiger partial charge in [-0.1, -0.05) is 41.4 Å². The molecule has 0 aliphatic rings. The molecule has 2 aromatic rings. The van der Waals surface area contributed by atoms with E-state index in [1.807, 2.05) is 0 Å². The van der Waals surface area contributed by atoms with Gasteiger partial charge in [-0.15, -0.1) is 0 Å². The monoisotopic (exact) mass is 483 g/mol. The molecule has 0 aromatic heterocycles. The molecule has 0 aliphatic heterocycles. The van der Waals surface area contributed by atoms with Crippen LogP contribution in [0, 0.1) is 5.92 Å². The van der Waals surface area contributed by atoms with Crippen molar-refractivity contribution in [2.45, 2.75) is 13.8 Å². The van der Waals surface area contributed by atoms with Gasteiger partial charge in [-0.25, -0.2) is 0 Å². The Kier molecular flexibility index (Phi) is 7.79. The molecule has 0 radical (unpaired) electrons. The Morgan fingerprint density at radius 3 is 2.50 bits per heavy atom. The number of amides is 2. The molecule has 2 rings (SSSR count). The molecule has 3 N–H and O–H groups in total. The number of thiocarbonyl (C=S) groups is 1. The van der Waals surface area contributed by atoms with Crippen LogP contribution in [0.3, 0.4) is 0 Å². The Labute approximate surface area is 182 Å². The second-order valence-electron chi connectivity index (χ2n) is 6.09. The van der Waals surface area contributed by atoms with E-state index in [1.54, 1.807) is 50.2 Å². The van der Waals surface area contributed by atoms with Crippen molar-refractivity contribution in [3.05, 3.63) is 51.5 Å². The van der Waals surface area contributed by atoms with E-state index in [0.29, 0.717) is 27.7 Å². The lowest BCUT2D eigenvalue weighted by molar-refractivity contribution is -0.118. The van der Waals surface area contributed by atoms with E-state index in [0.717, 1.165) is 4.47 Å². The highest BCUT2D eigenvalue weighted by Gasteiger charge is 2.14. The van der Waals surface area contributed by atoms with Gasteiger partial charge < -0.3 is 15.4 Å². The first kappa shape index (κ1) is 22.1. The number of ether oxygens (including phenoxy) is 1. The minimum Gasteiger partial charge on any atom is -0.494 e. The summed E-state index contributed by atoms with van der Waals surface area (Å²) in [7, 11) is 1.50. The van der Waals surface area contributed by atoms with Crippen molar-refractivity contribution < 1.29 is 14.3 Å². The Balaban J connectivity index is 2.08. The molecule has 0 unspecified atom stereocenters. The molecule has 28 heavy (non-hydrogen) atoms. The smallest absolute Gasteiger partial charge is 0.258 e. The van der Waals surface area contributed by atoms with E-state index in [2.05, 4.69) is 31.9 Å². The zero-order valence-corrected chi connectivity index (χ0v) is 18.6. The largest absolute Gasteiger partial charge is 0.494 e. The number of benzene rings is 2. The molecule has 0 fully saturated rings. The van der Waals surface area contributed by atoms with Gasteiger partial charge in [0.25, 0.3) is 5.91 Å². The SMILES string of the molecule is COc1cc(NC(=S)NC(=O)c2cc(Br)ccc2Cl)ccc1NC(=O)C(C)C. The fourth-order valence-corrected chi connectivity index (χ4v) is 2.93. The van der Waals surface area contributed by atoms with Crippen LogP contribution < -0.4 is 20.7 Å². The molecule has 0 atom stereocenters. The summed E-state index contributed by atoms with van der Waals surface area (Å²) in [6.45, 7) is 3.60. The van der Waals surface area contributed by atoms with E-state index in [-0.39, 0.29) is 16.9 Å². The number of halogens is 2. The Morgan fingerprint density at radius 2 is 1.86 bits per heavy atom. The van der Waals surface area contributed by atoms with Crippen LogP contribution in [0.4, 0.5) is 11.4 Å². The van der Waals surface area contributed by atoms with E-state index < -0.39 is 5.91 Å². The molecule has 9 heteroatoms. The first-order chi connectivity index (χ1) is 13.2. The lowest BCUT2D eigenvalue weighted by Gasteiger charge is -2.15. The molecular weight excluding hydrogens is 466 g/mol. The van der Waals surface area contributed by atoms with Crippen molar-refractivity contribution >= 4 is 68.1 Å². The summed E-state index contributed by atoms with van der Waals surface area (Å²) in [4.78, 5) is 24.3. The van der Waals surface area contributed by atoms with Crippen molar-refractivity contribution in [3.8, 4) is 5.75 Å². The van der Waals surface area contributed by atoms with Crippen LogP contribution in [0.2, 0.25) is 5.02 Å². The molecule has 0 saturated carbocycles. The summed E-state index contributed by atoms with van der Waals surface area (Å²) in [6, 6.07) is 10.0. The molecule has 2 amide bonds. The summed E-state index contributed by atoms with van der Waals surface area (Å²) < 4.78 is 6.05. The molecule has 0 heterocycles. The van der Waals surface area contributed by atoms with E-state index in [1.165, 1.54) is 7.11 Å². The molecule has 2 aromatic carbocycles. The third-order valence-electron chi connectivity index (χ3n) is 3.64. The lowest BCUT2D eigenvalue weighted by Crippen LogP contribution is -2.34. The molecule has 0 aliphatic carbocycles. The van der Waals surface area contributed by atoms with Crippen LogP contribution >= 0.6 is 39.7 Å². The van der Waals surface area contributed by atoms with Crippen molar-refractivity contribution in [2.75, 3.05) is 17.7 Å². The van der Waals surface area contributed by atoms with Gasteiger partial charge in [-0.2, -0.15) is 0 Å². The second kappa shape index (κ2) is 9.86. The maximum absolute atomic E-state index is 12.4. The van der Waals surface area contributed by atoms with Crippen molar-refractivity contribution in [1.29, 1.82) is 0 Å². The lowest BCUT2D eigenvalue weighted by atomic mass is 10.2. The first-order valence-corrected chi connectivity index (χ1v) is 9.85. The topological polar surface area (TPSA) is 79.5 Å². The fourth-order valence-electron chi connectivity index (χ4n) is 2.15. The van der Waals surface area contributed by atoms with Crippen molar-refractivity contribution in [3.63, 3.8) is 0 Å². The van der Waals surface area contributed by atoms with Gasteiger partial charge in [0.1, 0.15) is 5.75 Å². The number of hydrogen-bond acceptors (Lipinski definition) is 4. The minimum absolute atomic E-state index is 0.0991. The number of carbonyl (C=O) groups is 2. The fraction of sp³-hybridized carbons (Fsp3) is 0.211. The highest BCUT2D eigenvalue weighted by molar-refractivity contribution is 9.10. The Morgan fingerprint density at radius 1 is 1.14 bits per heavy atom. The van der Waals surface area contributed by atoms with Crippen LogP contribution in [0.5, 0.6) is 5.75 Å². The Bertz CT molecular complexity index is 921. The van der Waals surface area contributed by atoms with E-state index >= 15 is 0 Å². The standard InChI is InChI=1S/C19H19BrClN3O3S/c1-10(2)17(25)23-15-7-5-12(9-16(15)27-3)22-19(28)24-18(26)13-8-11(20)4-6-14(13)21/h4-10H,1-3H3,(H,23,25)(H2,22,24,26,28). The predicted molar refractivity (Wildman–Crippen MR) is 119 cm³/mol. The molecular formula is C19H19BrClN3O3S. The van der Waals surface area contributed by atoms with Gasteiger partial charge in [0.05, 0.1) is 23.4 Å². The minimum atomic E-state index is -0.434. The zero-order valence-electron chi connectivity index (χ0n) is 15.4. The van der Waals surface area contributed by atoms with Gasteiger partial charge in [0.2, 0.25) is 5.91 Å². The van der Waals surface area contributed by atoms with Crippen LogP contribution in [0.15, 0.2) is 40.9 Å². The number of carbonyl (C=O) groups excluding carboxylic acids is 2. The second-order valence-corrected chi connectivity index (χ2v) is 7.82. The number of methoxy groups -OCH3 is 1. The van der Waals surface area contributed by atoms with Gasteiger partial charge in [-0.05, 0) is 42.5 Å². The van der Waals surface area contributed by atoms with Crippen LogP contribution in [0.25, 0.3) is 0 Å². The molecule has 0 bridgehead atoms. The zero-order chi connectivity index (χ0) is 20.8. The van der Waals surface area contributed by atoms with E-state index in [9.17, 15) is 9.59 Å². The molecule has 148 valence electrons. The summed E-state index contributed by atoms with van der Waals surface area (Å²) in [6.07, 6.45) is 0. The Hall–Kier alpha value is -2.16. The van der Waals surface area contributed by atoms with Crippen LogP contribution in [-0.4, -0.2) is 24.0 Å². The molecule has 0 spiro atoms. The third-order valence-corrected chi connectivity index (χ3v) is 4.67. The van der Waals surface area contributed by atoms with Gasteiger partial charge in [0.15, 0.2) is 5.11 Å². The maximum Gasteiger partial charge on any atom is 0.258 e. The maximum atomic E-state index is 12.4. The summed E-state index contributed by atoms with van der Waals surface area (Å²) >= 11 is 14.6. The van der Waals surface area contributed by atoms with Crippen molar-refractivity contribution in [2.24, 2.45) is 5.92 Å². The summed E-state index contributed by atoms with van der Waals surface area (Å²) in [5, 5.41) is 8.69. The average Bonchev–Trinajstić information content (AvgIpc) is 2.64. The normalized spacial score (nSPS) is 10.4. The number of hydrogen-bond donors (Lipinski definition) is 3. The van der Waals surface area contributed by atoms with Crippen molar-refractivity contribution in [1.82, 2.24) is 5.32 Å². The molecule has 0 saturated heterocycles. The van der Waals surface area contributed by atoms with Crippen LogP contribution in [0.1, 0.15) is 24.2 Å². The number of rotatable bonds is 5. The predicted octanol–water partition coefficient (Wildman–Crippen LogP) is 4.83. The van der Waals surface area contributed by atoms with E-state index in [4.69, 9.17) is 28.6 Å². The van der Waals surface area contributed by atoms with Gasteiger partial charge in [0, 0.05) is 22.1 Å². The highest BCUT2D eigenvalue weighted by atomic mass is 79.9. The molecule has 6 nitrogen and oxygen atoms in total. The highest BCUT2D eigenvalue weighted by Crippen LogP contribution is 2.28. The van der Waals surface area contributed by atoms with Gasteiger partial charge in [-0.3, -0.25) is 14.9 Å².